The van der Waals surface area contributed by atoms with Crippen LogP contribution in [0.3, 0.4) is 0 Å². The van der Waals surface area contributed by atoms with Crippen molar-refractivity contribution in [2.24, 2.45) is 0 Å². The van der Waals surface area contributed by atoms with E-state index in [2.05, 4.69) is 14.7 Å². The van der Waals surface area contributed by atoms with Gasteiger partial charge in [-0.25, -0.2) is 22.8 Å². The van der Waals surface area contributed by atoms with Gasteiger partial charge in [0.25, 0.3) is 10.0 Å². The number of ether oxygens (including phenoxy) is 1. The molecule has 0 radical (unpaired) electrons. The van der Waals surface area contributed by atoms with Crippen molar-refractivity contribution in [2.45, 2.75) is 11.8 Å². The second-order valence-corrected chi connectivity index (χ2v) is 7.60. The molecule has 0 aliphatic heterocycles. The molecule has 28 heavy (non-hydrogen) atoms. The highest BCUT2D eigenvalue weighted by atomic mass is 35.5. The Bertz CT molecular complexity index is 1160. The second-order valence-electron chi connectivity index (χ2n) is 5.55. The Morgan fingerprint density at radius 2 is 1.86 bits per heavy atom. The summed E-state index contributed by atoms with van der Waals surface area (Å²) in [6.45, 7) is 1.30. The minimum absolute atomic E-state index is 0.00796. The summed E-state index contributed by atoms with van der Waals surface area (Å²) >= 11 is 5.90. The normalized spacial score (nSPS) is 11.1. The van der Waals surface area contributed by atoms with E-state index in [0.29, 0.717) is 0 Å². The van der Waals surface area contributed by atoms with Crippen LogP contribution in [0.25, 0.3) is 0 Å². The van der Waals surface area contributed by atoms with Gasteiger partial charge in [-0.05, 0) is 24.3 Å². The van der Waals surface area contributed by atoms with E-state index in [1.165, 1.54) is 49.6 Å². The first-order chi connectivity index (χ1) is 13.3. The number of aromatic nitrogens is 2. The standard InChI is InChI=1S/C18H13ClFN3O4S/c1-11(24)17-18(22-9-8-21-17)27-12-6-7-15(14(20)10-12)23-28(25,26)16-5-3-2-4-13(16)19/h2-10,23H,1H3. The third-order valence-electron chi connectivity index (χ3n) is 3.52. The topological polar surface area (TPSA) is 98.2 Å². The number of halogens is 2. The highest BCUT2D eigenvalue weighted by Gasteiger charge is 2.20. The fraction of sp³-hybridized carbons (Fsp3) is 0.0556. The van der Waals surface area contributed by atoms with E-state index in [4.69, 9.17) is 16.3 Å². The lowest BCUT2D eigenvalue weighted by atomic mass is 10.3. The van der Waals surface area contributed by atoms with Crippen LogP contribution in [0.5, 0.6) is 11.6 Å². The molecule has 2 aromatic carbocycles. The number of carbonyl (C=O) groups excluding carboxylic acids is 1. The van der Waals surface area contributed by atoms with Gasteiger partial charge in [0.2, 0.25) is 5.88 Å². The zero-order chi connectivity index (χ0) is 20.3. The van der Waals surface area contributed by atoms with Crippen LogP contribution >= 0.6 is 11.6 Å². The lowest BCUT2D eigenvalue weighted by Crippen LogP contribution is -2.14. The van der Waals surface area contributed by atoms with Crippen LogP contribution in [-0.2, 0) is 10.0 Å². The van der Waals surface area contributed by atoms with E-state index in [0.717, 1.165) is 6.07 Å². The van der Waals surface area contributed by atoms with E-state index >= 15 is 0 Å². The summed E-state index contributed by atoms with van der Waals surface area (Å²) in [6.07, 6.45) is 2.65. The Morgan fingerprint density at radius 1 is 1.14 bits per heavy atom. The summed E-state index contributed by atoms with van der Waals surface area (Å²) in [5.74, 6) is -1.32. The van der Waals surface area contributed by atoms with Gasteiger partial charge in [0.15, 0.2) is 17.3 Å². The number of ketones is 1. The Balaban J connectivity index is 1.86. The average molecular weight is 422 g/mol. The molecule has 0 fully saturated rings. The minimum atomic E-state index is -4.09. The van der Waals surface area contributed by atoms with Gasteiger partial charge < -0.3 is 4.74 Å². The van der Waals surface area contributed by atoms with Crippen molar-refractivity contribution in [2.75, 3.05) is 4.72 Å². The summed E-state index contributed by atoms with van der Waals surface area (Å²) in [5, 5.41) is 0.00905. The van der Waals surface area contributed by atoms with Crippen molar-refractivity contribution < 1.29 is 22.3 Å². The number of sulfonamides is 1. The lowest BCUT2D eigenvalue weighted by Gasteiger charge is -2.12. The van der Waals surface area contributed by atoms with Crippen molar-refractivity contribution in [3.05, 3.63) is 71.4 Å². The molecule has 3 rings (SSSR count). The molecule has 1 heterocycles. The third-order valence-corrected chi connectivity index (χ3v) is 5.39. The molecule has 10 heteroatoms. The smallest absolute Gasteiger partial charge is 0.263 e. The zero-order valence-electron chi connectivity index (χ0n) is 14.4. The predicted molar refractivity (Wildman–Crippen MR) is 101 cm³/mol. The van der Waals surface area contributed by atoms with Crippen molar-refractivity contribution in [3.8, 4) is 11.6 Å². The molecule has 0 spiro atoms. The Labute approximate surface area is 165 Å². The molecule has 0 aliphatic rings. The van der Waals surface area contributed by atoms with Gasteiger partial charge in [0, 0.05) is 25.4 Å². The van der Waals surface area contributed by atoms with Crippen LogP contribution < -0.4 is 9.46 Å². The quantitative estimate of drug-likeness (QED) is 0.602. The van der Waals surface area contributed by atoms with Gasteiger partial charge >= 0.3 is 0 Å². The number of benzene rings is 2. The molecule has 1 N–H and O–H groups in total. The van der Waals surface area contributed by atoms with Crippen LogP contribution in [0.4, 0.5) is 10.1 Å². The molecule has 0 atom stereocenters. The first-order valence-electron chi connectivity index (χ1n) is 7.84. The van der Waals surface area contributed by atoms with Crippen molar-refractivity contribution >= 4 is 33.1 Å². The third kappa shape index (κ3) is 4.26. The summed E-state index contributed by atoms with van der Waals surface area (Å²) in [7, 11) is -4.09. The minimum Gasteiger partial charge on any atom is -0.437 e. The van der Waals surface area contributed by atoms with E-state index in [-0.39, 0.29) is 38.7 Å². The van der Waals surface area contributed by atoms with Gasteiger partial charge in [-0.1, -0.05) is 23.7 Å². The van der Waals surface area contributed by atoms with Crippen LogP contribution in [0.2, 0.25) is 5.02 Å². The van der Waals surface area contributed by atoms with Gasteiger partial charge in [0.1, 0.15) is 10.6 Å². The SMILES string of the molecule is CC(=O)c1nccnc1Oc1ccc(NS(=O)(=O)c2ccccc2Cl)c(F)c1. The van der Waals surface area contributed by atoms with E-state index < -0.39 is 15.8 Å². The average Bonchev–Trinajstić information content (AvgIpc) is 2.64. The maximum atomic E-state index is 14.4. The van der Waals surface area contributed by atoms with Gasteiger partial charge in [-0.3, -0.25) is 9.52 Å². The maximum Gasteiger partial charge on any atom is 0.263 e. The number of hydrogen-bond donors (Lipinski definition) is 1. The Morgan fingerprint density at radius 3 is 2.54 bits per heavy atom. The molecule has 3 aromatic rings. The maximum absolute atomic E-state index is 14.4. The molecule has 7 nitrogen and oxygen atoms in total. The first kappa shape index (κ1) is 19.7. The summed E-state index contributed by atoms with van der Waals surface area (Å²) in [6, 6.07) is 9.27. The number of rotatable bonds is 6. The molecule has 144 valence electrons. The van der Waals surface area contributed by atoms with Gasteiger partial charge in [0.05, 0.1) is 10.7 Å². The number of nitrogens with zero attached hydrogens (tertiary/aromatic N) is 2. The number of carbonyl (C=O) groups is 1. The second kappa shape index (κ2) is 7.91. The summed E-state index contributed by atoms with van der Waals surface area (Å²) < 4.78 is 46.8. The fourth-order valence-electron chi connectivity index (χ4n) is 2.26. The number of hydrogen-bond acceptors (Lipinski definition) is 6. The highest BCUT2D eigenvalue weighted by molar-refractivity contribution is 7.92. The Hall–Kier alpha value is -3.04. The molecule has 0 saturated carbocycles. The largest absolute Gasteiger partial charge is 0.437 e. The molecule has 1 aromatic heterocycles. The molecule has 0 saturated heterocycles. The highest BCUT2D eigenvalue weighted by Crippen LogP contribution is 2.28. The van der Waals surface area contributed by atoms with E-state index in [1.54, 1.807) is 6.07 Å². The molecular formula is C18H13ClFN3O4S. The van der Waals surface area contributed by atoms with Crippen molar-refractivity contribution in [1.82, 2.24) is 9.97 Å². The molecule has 0 amide bonds. The summed E-state index contributed by atoms with van der Waals surface area (Å²) in [4.78, 5) is 19.1. The first-order valence-corrected chi connectivity index (χ1v) is 9.71. The number of anilines is 1. The monoisotopic (exact) mass is 421 g/mol. The summed E-state index contributed by atoms with van der Waals surface area (Å²) in [5.41, 5.74) is -0.301. The van der Waals surface area contributed by atoms with E-state index in [9.17, 15) is 17.6 Å². The number of Topliss-reactive ketones (excluding diaryl/α,β-unsaturated/α-hetero) is 1. The Kier molecular flexibility index (Phi) is 5.57. The van der Waals surface area contributed by atoms with Crippen LogP contribution in [-0.4, -0.2) is 24.2 Å². The van der Waals surface area contributed by atoms with Gasteiger partial charge in [-0.15, -0.1) is 0 Å². The predicted octanol–water partition coefficient (Wildman–Crippen LogP) is 4.06. The molecule has 0 bridgehead atoms. The zero-order valence-corrected chi connectivity index (χ0v) is 16.0. The molecule has 0 aliphatic carbocycles. The fourth-order valence-corrected chi connectivity index (χ4v) is 3.85. The van der Waals surface area contributed by atoms with Crippen LogP contribution in [0.1, 0.15) is 17.4 Å². The molecular weight excluding hydrogens is 409 g/mol. The van der Waals surface area contributed by atoms with Crippen LogP contribution in [0, 0.1) is 5.82 Å². The van der Waals surface area contributed by atoms with Crippen LogP contribution in [0.15, 0.2) is 59.8 Å². The lowest BCUT2D eigenvalue weighted by molar-refractivity contribution is 0.101. The van der Waals surface area contributed by atoms with Crippen molar-refractivity contribution in [3.63, 3.8) is 0 Å². The molecule has 0 unspecified atom stereocenters. The van der Waals surface area contributed by atoms with Crippen molar-refractivity contribution in [1.29, 1.82) is 0 Å². The number of nitrogens with one attached hydrogen (secondary N) is 1. The van der Waals surface area contributed by atoms with E-state index in [1.807, 2.05) is 0 Å². The van der Waals surface area contributed by atoms with Gasteiger partial charge in [-0.2, -0.15) is 0 Å².